The van der Waals surface area contributed by atoms with Gasteiger partial charge in [-0.2, -0.15) is 0 Å². The summed E-state index contributed by atoms with van der Waals surface area (Å²) in [7, 11) is 0. The number of para-hydroxylation sites is 2. The molecule has 6 aromatic carbocycles. The molecular formula is C38H25N3S. The second-order valence-electron chi connectivity index (χ2n) is 10.8. The molecule has 0 fully saturated rings. The molecule has 4 heteroatoms. The fraction of sp³-hybridized carbons (Fsp3) is 0.0263. The van der Waals surface area contributed by atoms with Gasteiger partial charge in [-0.15, -0.1) is 11.3 Å². The molecule has 1 N–H and O–H groups in total. The molecule has 0 aliphatic carbocycles. The first-order chi connectivity index (χ1) is 20.8. The monoisotopic (exact) mass is 555 g/mol. The molecule has 0 saturated heterocycles. The second-order valence-corrected chi connectivity index (χ2v) is 11.9. The third-order valence-corrected chi connectivity index (χ3v) is 9.63. The Bertz CT molecular complexity index is 2340. The van der Waals surface area contributed by atoms with Crippen molar-refractivity contribution in [1.29, 1.82) is 0 Å². The van der Waals surface area contributed by atoms with E-state index in [4.69, 9.17) is 4.99 Å². The van der Waals surface area contributed by atoms with Crippen LogP contribution < -0.4 is 5.32 Å². The van der Waals surface area contributed by atoms with Crippen molar-refractivity contribution in [2.75, 3.05) is 5.32 Å². The molecule has 0 saturated carbocycles. The summed E-state index contributed by atoms with van der Waals surface area (Å²) in [6.07, 6.45) is -0.301. The molecule has 42 heavy (non-hydrogen) atoms. The maximum atomic E-state index is 5.47. The van der Waals surface area contributed by atoms with Crippen LogP contribution in [0.5, 0.6) is 0 Å². The fourth-order valence-corrected chi connectivity index (χ4v) is 7.79. The van der Waals surface area contributed by atoms with Crippen LogP contribution in [-0.2, 0) is 0 Å². The van der Waals surface area contributed by atoms with E-state index in [2.05, 4.69) is 149 Å². The number of anilines is 1. The minimum Gasteiger partial charge on any atom is -0.346 e. The molecule has 9 rings (SSSR count). The summed E-state index contributed by atoms with van der Waals surface area (Å²) in [5.74, 6) is 0. The molecular weight excluding hydrogens is 531 g/mol. The Labute approximate surface area is 247 Å². The highest BCUT2D eigenvalue weighted by atomic mass is 32.1. The first-order valence-corrected chi connectivity index (χ1v) is 15.1. The lowest BCUT2D eigenvalue weighted by Crippen LogP contribution is -2.24. The number of nitrogens with zero attached hydrogens (tertiary/aromatic N) is 2. The maximum absolute atomic E-state index is 5.47. The molecule has 0 bridgehead atoms. The molecule has 3 nitrogen and oxygen atoms in total. The van der Waals surface area contributed by atoms with E-state index in [1.54, 1.807) is 0 Å². The second kappa shape index (κ2) is 9.16. The van der Waals surface area contributed by atoms with E-state index in [0.29, 0.717) is 0 Å². The number of hydrogen-bond donors (Lipinski definition) is 1. The van der Waals surface area contributed by atoms with E-state index in [1.165, 1.54) is 53.1 Å². The van der Waals surface area contributed by atoms with E-state index in [1.807, 2.05) is 11.3 Å². The Kier molecular flexibility index (Phi) is 5.13. The molecule has 0 amide bonds. The van der Waals surface area contributed by atoms with Crippen LogP contribution in [0, 0.1) is 0 Å². The first kappa shape index (κ1) is 23.5. The van der Waals surface area contributed by atoms with Crippen LogP contribution in [0.25, 0.3) is 53.1 Å². The Morgan fingerprint density at radius 2 is 1.31 bits per heavy atom. The van der Waals surface area contributed by atoms with Crippen molar-refractivity contribution in [1.82, 2.24) is 4.57 Å². The average Bonchev–Trinajstić information content (AvgIpc) is 3.60. The smallest absolute Gasteiger partial charge is 0.201 e. The third kappa shape index (κ3) is 3.49. The van der Waals surface area contributed by atoms with Crippen LogP contribution in [0.2, 0.25) is 0 Å². The van der Waals surface area contributed by atoms with Crippen LogP contribution >= 0.6 is 11.3 Å². The van der Waals surface area contributed by atoms with Gasteiger partial charge in [0, 0.05) is 47.8 Å². The van der Waals surface area contributed by atoms with Gasteiger partial charge in [-0.05, 0) is 41.5 Å². The van der Waals surface area contributed by atoms with Gasteiger partial charge in [-0.1, -0.05) is 109 Å². The van der Waals surface area contributed by atoms with Crippen molar-refractivity contribution in [3.05, 3.63) is 151 Å². The molecule has 3 heterocycles. The van der Waals surface area contributed by atoms with Crippen molar-refractivity contribution >= 4 is 64.7 Å². The normalized spacial score (nSPS) is 14.8. The summed E-state index contributed by atoms with van der Waals surface area (Å²) in [6, 6.07) is 49.9. The number of aliphatic imine (C=N–C) groups is 1. The van der Waals surface area contributed by atoms with E-state index >= 15 is 0 Å². The van der Waals surface area contributed by atoms with E-state index < -0.39 is 0 Å². The van der Waals surface area contributed by atoms with Gasteiger partial charge in [0.2, 0.25) is 6.29 Å². The standard InChI is InChI=1S/C38H25N3S/c1-2-11-24(12-3-1)25-13-10-14-26(23-25)36-29-16-4-7-18-31(29)39-38(40-36)41-32-19-8-5-17-30(32)35-33(41)22-21-28-27-15-6-9-20-34(27)42-37(28)35/h1-23,38-39H. The van der Waals surface area contributed by atoms with Crippen LogP contribution in [0.15, 0.2) is 145 Å². The zero-order valence-corrected chi connectivity index (χ0v) is 23.5. The minimum atomic E-state index is -0.301. The number of rotatable bonds is 3. The van der Waals surface area contributed by atoms with Gasteiger partial charge in [0.1, 0.15) is 0 Å². The lowest BCUT2D eigenvalue weighted by atomic mass is 9.96. The summed E-state index contributed by atoms with van der Waals surface area (Å²) in [4.78, 5) is 5.47. The Morgan fingerprint density at radius 3 is 2.24 bits per heavy atom. The topological polar surface area (TPSA) is 29.3 Å². The summed E-state index contributed by atoms with van der Waals surface area (Å²) in [6.45, 7) is 0. The number of aromatic nitrogens is 1. The highest BCUT2D eigenvalue weighted by Gasteiger charge is 2.26. The van der Waals surface area contributed by atoms with Crippen LogP contribution in [0.1, 0.15) is 17.4 Å². The highest BCUT2D eigenvalue weighted by Crippen LogP contribution is 2.44. The summed E-state index contributed by atoms with van der Waals surface area (Å²) < 4.78 is 5.03. The number of nitrogens with one attached hydrogen (secondary N) is 1. The van der Waals surface area contributed by atoms with Crippen molar-refractivity contribution in [3.8, 4) is 11.1 Å². The number of thiophene rings is 1. The lowest BCUT2D eigenvalue weighted by molar-refractivity contribution is 0.625. The number of benzene rings is 6. The van der Waals surface area contributed by atoms with E-state index in [0.717, 1.165) is 22.5 Å². The minimum absolute atomic E-state index is 0.301. The number of fused-ring (bicyclic) bond motifs is 8. The van der Waals surface area contributed by atoms with Gasteiger partial charge in [0.25, 0.3) is 0 Å². The zero-order chi connectivity index (χ0) is 27.6. The Balaban J connectivity index is 1.29. The van der Waals surface area contributed by atoms with Crippen LogP contribution in [0.3, 0.4) is 0 Å². The average molecular weight is 556 g/mol. The van der Waals surface area contributed by atoms with E-state index in [-0.39, 0.29) is 6.29 Å². The molecule has 0 radical (unpaired) electrons. The van der Waals surface area contributed by atoms with Gasteiger partial charge in [-0.3, -0.25) is 0 Å². The lowest BCUT2D eigenvalue weighted by Gasteiger charge is -2.28. The van der Waals surface area contributed by atoms with Crippen LogP contribution in [0.4, 0.5) is 5.69 Å². The molecule has 1 atom stereocenters. The van der Waals surface area contributed by atoms with E-state index in [9.17, 15) is 0 Å². The molecule has 0 spiro atoms. The van der Waals surface area contributed by atoms with Crippen molar-refractivity contribution in [3.63, 3.8) is 0 Å². The maximum Gasteiger partial charge on any atom is 0.201 e. The fourth-order valence-electron chi connectivity index (χ4n) is 6.54. The largest absolute Gasteiger partial charge is 0.346 e. The first-order valence-electron chi connectivity index (χ1n) is 14.3. The molecule has 198 valence electrons. The van der Waals surface area contributed by atoms with Crippen LogP contribution in [-0.4, -0.2) is 10.3 Å². The van der Waals surface area contributed by atoms with Gasteiger partial charge < -0.3 is 9.88 Å². The predicted octanol–water partition coefficient (Wildman–Crippen LogP) is 10.2. The third-order valence-electron chi connectivity index (χ3n) is 8.42. The van der Waals surface area contributed by atoms with Gasteiger partial charge in [0.15, 0.2) is 0 Å². The molecule has 1 aliphatic heterocycles. The quantitative estimate of drug-likeness (QED) is 0.231. The van der Waals surface area contributed by atoms with Gasteiger partial charge in [0.05, 0.1) is 16.7 Å². The Hall–Kier alpha value is -5.19. The highest BCUT2D eigenvalue weighted by molar-refractivity contribution is 7.26. The predicted molar refractivity (Wildman–Crippen MR) is 179 cm³/mol. The summed E-state index contributed by atoms with van der Waals surface area (Å²) in [5, 5.41) is 8.97. The van der Waals surface area contributed by atoms with Crippen molar-refractivity contribution in [2.24, 2.45) is 4.99 Å². The molecule has 1 unspecified atom stereocenters. The molecule has 1 aliphatic rings. The molecule has 2 aromatic heterocycles. The SMILES string of the molecule is c1ccc(-c2cccc(C3=NC(n4c5ccccc5c5c6sc7ccccc7c6ccc54)Nc4ccccc43)c2)cc1. The number of hydrogen-bond acceptors (Lipinski definition) is 3. The van der Waals surface area contributed by atoms with Gasteiger partial charge >= 0.3 is 0 Å². The zero-order valence-electron chi connectivity index (χ0n) is 22.7. The van der Waals surface area contributed by atoms with Crippen molar-refractivity contribution < 1.29 is 0 Å². The molecule has 8 aromatic rings. The van der Waals surface area contributed by atoms with Gasteiger partial charge in [-0.25, -0.2) is 4.99 Å². The summed E-state index contributed by atoms with van der Waals surface area (Å²) in [5.41, 5.74) is 9.08. The van der Waals surface area contributed by atoms with Crippen molar-refractivity contribution in [2.45, 2.75) is 6.29 Å². The Morgan fingerprint density at radius 1 is 0.571 bits per heavy atom. The summed E-state index contributed by atoms with van der Waals surface area (Å²) >= 11 is 1.88.